The Morgan fingerprint density at radius 2 is 1.71 bits per heavy atom. The molecule has 0 spiro atoms. The molecule has 0 aromatic heterocycles. The molecule has 0 saturated carbocycles. The summed E-state index contributed by atoms with van der Waals surface area (Å²) in [5.41, 5.74) is -4.15. The monoisotopic (exact) mass is 522 g/mol. The van der Waals surface area contributed by atoms with Crippen LogP contribution in [0.15, 0.2) is 27.1 Å². The van der Waals surface area contributed by atoms with E-state index < -0.39 is 38.6 Å². The Bertz CT molecular complexity index is 1050. The van der Waals surface area contributed by atoms with Crippen molar-refractivity contribution < 1.29 is 23.0 Å². The van der Waals surface area contributed by atoms with Gasteiger partial charge in [0.05, 0.1) is 38.8 Å². The summed E-state index contributed by atoms with van der Waals surface area (Å²) in [5.74, 6) is 0. The van der Waals surface area contributed by atoms with Gasteiger partial charge < -0.3 is 5.32 Å². The Hall–Kier alpha value is -2.72. The van der Waals surface area contributed by atoms with Gasteiger partial charge in [0.15, 0.2) is 0 Å². The number of hydrogen-bond donors (Lipinski definition) is 1. The molecule has 0 saturated heterocycles. The van der Waals surface area contributed by atoms with Crippen LogP contribution < -0.4 is 5.32 Å². The summed E-state index contributed by atoms with van der Waals surface area (Å²) in [6.07, 6.45) is -5.11. The second-order valence-corrected chi connectivity index (χ2v) is 7.00. The van der Waals surface area contributed by atoms with E-state index in [1.165, 1.54) is 13.0 Å². The molecule has 1 N–H and O–H groups in total. The van der Waals surface area contributed by atoms with E-state index in [2.05, 4.69) is 37.2 Å². The van der Waals surface area contributed by atoms with E-state index in [-0.39, 0.29) is 26.3 Å². The molecular formula is C15H7Br2F3N4O4. The highest BCUT2D eigenvalue weighted by Crippen LogP contribution is 2.46. The molecule has 0 bridgehead atoms. The fourth-order valence-electron chi connectivity index (χ4n) is 2.29. The molecular weight excluding hydrogens is 517 g/mol. The van der Waals surface area contributed by atoms with Gasteiger partial charge in [-0.3, -0.25) is 20.2 Å². The van der Waals surface area contributed by atoms with Crippen LogP contribution >= 0.6 is 31.9 Å². The molecule has 146 valence electrons. The summed E-state index contributed by atoms with van der Waals surface area (Å²) >= 11 is 6.25. The van der Waals surface area contributed by atoms with Crippen molar-refractivity contribution in [1.82, 2.24) is 0 Å². The van der Waals surface area contributed by atoms with Crippen LogP contribution in [0.3, 0.4) is 0 Å². The van der Waals surface area contributed by atoms with E-state index in [4.69, 9.17) is 5.26 Å². The van der Waals surface area contributed by atoms with Gasteiger partial charge in [-0.1, -0.05) is 0 Å². The SMILES string of the molecule is Cc1c(C#N)cc(Br)c(Nc2c([N+](=O)[O-])cc([N+](=O)[O-])cc2C(F)(F)F)c1Br. The Balaban J connectivity index is 2.83. The number of benzene rings is 2. The van der Waals surface area contributed by atoms with Crippen LogP contribution in [-0.4, -0.2) is 9.85 Å². The van der Waals surface area contributed by atoms with E-state index in [1.54, 1.807) is 0 Å². The van der Waals surface area contributed by atoms with Gasteiger partial charge in [-0.05, 0) is 50.4 Å². The molecule has 2 rings (SSSR count). The van der Waals surface area contributed by atoms with Crippen molar-refractivity contribution in [2.24, 2.45) is 0 Å². The van der Waals surface area contributed by atoms with Gasteiger partial charge in [0.1, 0.15) is 5.69 Å². The molecule has 28 heavy (non-hydrogen) atoms. The largest absolute Gasteiger partial charge is 0.418 e. The van der Waals surface area contributed by atoms with E-state index in [0.717, 1.165) is 0 Å². The zero-order valence-electron chi connectivity index (χ0n) is 13.6. The van der Waals surface area contributed by atoms with Crippen molar-refractivity contribution in [3.8, 4) is 6.07 Å². The minimum atomic E-state index is -5.11. The minimum absolute atomic E-state index is 0.0149. The summed E-state index contributed by atoms with van der Waals surface area (Å²) < 4.78 is 40.8. The fraction of sp³-hybridized carbons (Fsp3) is 0.133. The average Bonchev–Trinajstić information content (AvgIpc) is 2.60. The third-order valence-electron chi connectivity index (χ3n) is 3.65. The Labute approximate surface area is 171 Å². The Kier molecular flexibility index (Phi) is 5.95. The third kappa shape index (κ3) is 4.07. The minimum Gasteiger partial charge on any atom is -0.348 e. The number of non-ortho nitro benzene ring substituents is 1. The van der Waals surface area contributed by atoms with Crippen molar-refractivity contribution in [2.75, 3.05) is 5.32 Å². The zero-order valence-corrected chi connectivity index (χ0v) is 16.8. The van der Waals surface area contributed by atoms with Crippen LogP contribution in [0.25, 0.3) is 0 Å². The van der Waals surface area contributed by atoms with Gasteiger partial charge in [-0.15, -0.1) is 0 Å². The normalized spacial score (nSPS) is 11.0. The highest BCUT2D eigenvalue weighted by Gasteiger charge is 2.40. The maximum absolute atomic E-state index is 13.5. The highest BCUT2D eigenvalue weighted by molar-refractivity contribution is 9.11. The summed E-state index contributed by atoms with van der Waals surface area (Å²) in [7, 11) is 0. The number of alkyl halides is 3. The number of nitro groups is 2. The molecule has 0 aliphatic rings. The van der Waals surface area contributed by atoms with Crippen molar-refractivity contribution in [3.63, 3.8) is 0 Å². The smallest absolute Gasteiger partial charge is 0.348 e. The van der Waals surface area contributed by atoms with E-state index in [1.807, 2.05) is 6.07 Å². The van der Waals surface area contributed by atoms with Crippen LogP contribution in [0.5, 0.6) is 0 Å². The van der Waals surface area contributed by atoms with Crippen molar-refractivity contribution in [2.45, 2.75) is 13.1 Å². The van der Waals surface area contributed by atoms with Crippen LogP contribution in [0, 0.1) is 38.5 Å². The quantitative estimate of drug-likeness (QED) is 0.389. The zero-order chi connectivity index (χ0) is 21.4. The molecule has 2 aromatic carbocycles. The number of nitrogens with zero attached hydrogens (tertiary/aromatic N) is 3. The lowest BCUT2D eigenvalue weighted by atomic mass is 10.1. The van der Waals surface area contributed by atoms with E-state index in [0.29, 0.717) is 11.6 Å². The Morgan fingerprint density at radius 3 is 2.18 bits per heavy atom. The molecule has 8 nitrogen and oxygen atoms in total. The lowest BCUT2D eigenvalue weighted by molar-refractivity contribution is -0.394. The van der Waals surface area contributed by atoms with E-state index in [9.17, 15) is 33.4 Å². The highest BCUT2D eigenvalue weighted by atomic mass is 79.9. The second-order valence-electron chi connectivity index (χ2n) is 5.36. The molecule has 0 amide bonds. The fourth-order valence-corrected chi connectivity index (χ4v) is 3.61. The van der Waals surface area contributed by atoms with Gasteiger partial charge in [0, 0.05) is 15.0 Å². The average molecular weight is 524 g/mol. The first-order chi connectivity index (χ1) is 12.9. The van der Waals surface area contributed by atoms with E-state index >= 15 is 0 Å². The predicted octanol–water partition coefficient (Wildman–Crippen LogP) is 5.97. The van der Waals surface area contributed by atoms with Crippen LogP contribution in [-0.2, 0) is 6.18 Å². The molecule has 0 unspecified atom stereocenters. The summed E-state index contributed by atoms with van der Waals surface area (Å²) in [6.45, 7) is 1.52. The summed E-state index contributed by atoms with van der Waals surface area (Å²) in [6, 6.07) is 3.88. The van der Waals surface area contributed by atoms with Crippen LogP contribution in [0.4, 0.5) is 35.9 Å². The predicted molar refractivity (Wildman–Crippen MR) is 99.3 cm³/mol. The van der Waals surface area contributed by atoms with Crippen LogP contribution in [0.2, 0.25) is 0 Å². The lowest BCUT2D eigenvalue weighted by Crippen LogP contribution is -2.12. The number of nitro benzene ring substituents is 2. The van der Waals surface area contributed by atoms with Gasteiger partial charge in [0.25, 0.3) is 11.4 Å². The molecule has 13 heteroatoms. The first-order valence-electron chi connectivity index (χ1n) is 7.08. The topological polar surface area (TPSA) is 122 Å². The third-order valence-corrected chi connectivity index (χ3v) is 5.26. The van der Waals surface area contributed by atoms with Gasteiger partial charge in [-0.25, -0.2) is 0 Å². The molecule has 0 aliphatic carbocycles. The second kappa shape index (κ2) is 7.72. The van der Waals surface area contributed by atoms with Gasteiger partial charge in [0.2, 0.25) is 0 Å². The molecule has 2 aromatic rings. The lowest BCUT2D eigenvalue weighted by Gasteiger charge is -2.18. The molecule has 0 heterocycles. The summed E-state index contributed by atoms with van der Waals surface area (Å²) in [5, 5.41) is 33.6. The maximum atomic E-state index is 13.5. The molecule has 0 radical (unpaired) electrons. The van der Waals surface area contributed by atoms with Crippen LogP contribution in [0.1, 0.15) is 16.7 Å². The first-order valence-corrected chi connectivity index (χ1v) is 8.66. The van der Waals surface area contributed by atoms with Crippen molar-refractivity contribution in [3.05, 3.63) is 64.1 Å². The number of nitriles is 1. The van der Waals surface area contributed by atoms with Gasteiger partial charge >= 0.3 is 6.18 Å². The molecule has 0 aliphatic heterocycles. The number of nitrogens with one attached hydrogen (secondary N) is 1. The standard InChI is InChI=1S/C15H7Br2F3N4O4/c1-6-7(5-21)2-10(16)14(12(6)17)22-13-9(15(18,19)20)3-8(23(25)26)4-11(13)24(27)28/h2-4,22H,1H3. The molecule has 0 fully saturated rings. The summed E-state index contributed by atoms with van der Waals surface area (Å²) in [4.78, 5) is 19.9. The molecule has 0 atom stereocenters. The first kappa shape index (κ1) is 21.6. The Morgan fingerprint density at radius 1 is 1.11 bits per heavy atom. The van der Waals surface area contributed by atoms with Gasteiger partial charge in [-0.2, -0.15) is 18.4 Å². The number of hydrogen-bond acceptors (Lipinski definition) is 6. The number of rotatable bonds is 4. The van der Waals surface area contributed by atoms with Crippen molar-refractivity contribution >= 4 is 54.6 Å². The number of halogens is 5. The van der Waals surface area contributed by atoms with Crippen molar-refractivity contribution in [1.29, 1.82) is 5.26 Å². The number of anilines is 2. The maximum Gasteiger partial charge on any atom is 0.418 e.